The highest BCUT2D eigenvalue weighted by molar-refractivity contribution is 5.96. The smallest absolute Gasteiger partial charge is 0.223 e. The first-order valence-corrected chi connectivity index (χ1v) is 9.67. The Morgan fingerprint density at radius 2 is 1.37 bits per heavy atom. The predicted molar refractivity (Wildman–Crippen MR) is 123 cm³/mol. The molecular formula is C24H24N4O2. The Hall–Kier alpha value is -3.80. The Morgan fingerprint density at radius 1 is 0.700 bits per heavy atom. The first-order chi connectivity index (χ1) is 14.7. The van der Waals surface area contributed by atoms with Crippen molar-refractivity contribution in [2.45, 2.75) is 0 Å². The molecule has 152 valence electrons. The van der Waals surface area contributed by atoms with Crippen molar-refractivity contribution < 1.29 is 9.47 Å². The second kappa shape index (κ2) is 8.29. The molecule has 0 aliphatic heterocycles. The van der Waals surface area contributed by atoms with Gasteiger partial charge in [0.2, 0.25) is 5.95 Å². The molecule has 4 aromatic rings. The van der Waals surface area contributed by atoms with E-state index in [4.69, 9.17) is 14.5 Å². The number of rotatable bonds is 6. The summed E-state index contributed by atoms with van der Waals surface area (Å²) in [5.41, 5.74) is 5.93. The van der Waals surface area contributed by atoms with Gasteiger partial charge in [-0.15, -0.1) is 0 Å². The Bertz CT molecular complexity index is 1210. The minimum atomic E-state index is 0.548. The molecule has 1 heterocycles. The highest BCUT2D eigenvalue weighted by atomic mass is 16.5. The van der Waals surface area contributed by atoms with E-state index in [-0.39, 0.29) is 0 Å². The lowest BCUT2D eigenvalue weighted by Gasteiger charge is -2.13. The number of hydrogen-bond donors (Lipinski definition) is 2. The van der Waals surface area contributed by atoms with E-state index < -0.39 is 0 Å². The second-order valence-electron chi connectivity index (χ2n) is 6.78. The number of nitrogens with one attached hydrogen (secondary N) is 2. The van der Waals surface area contributed by atoms with Gasteiger partial charge in [0.05, 0.1) is 25.4 Å². The van der Waals surface area contributed by atoms with E-state index in [1.54, 1.807) is 14.2 Å². The third kappa shape index (κ3) is 3.59. The molecule has 0 aliphatic rings. The van der Waals surface area contributed by atoms with Gasteiger partial charge in [0.25, 0.3) is 0 Å². The lowest BCUT2D eigenvalue weighted by atomic mass is 9.99. The average Bonchev–Trinajstić information content (AvgIpc) is 2.82. The minimum Gasteiger partial charge on any atom is -0.493 e. The Morgan fingerprint density at radius 3 is 2.07 bits per heavy atom. The van der Waals surface area contributed by atoms with Crippen molar-refractivity contribution in [3.05, 3.63) is 60.7 Å². The van der Waals surface area contributed by atoms with E-state index in [2.05, 4.69) is 45.9 Å². The van der Waals surface area contributed by atoms with Crippen LogP contribution in [-0.2, 0) is 0 Å². The second-order valence-corrected chi connectivity index (χ2v) is 6.78. The molecule has 0 unspecified atom stereocenters. The third-order valence-electron chi connectivity index (χ3n) is 5.05. The van der Waals surface area contributed by atoms with E-state index in [1.165, 1.54) is 0 Å². The molecule has 0 radical (unpaired) electrons. The minimum absolute atomic E-state index is 0.548. The molecule has 0 fully saturated rings. The largest absolute Gasteiger partial charge is 0.493 e. The summed E-state index contributed by atoms with van der Waals surface area (Å²) >= 11 is 0. The maximum absolute atomic E-state index is 5.51. The van der Waals surface area contributed by atoms with Crippen LogP contribution >= 0.6 is 0 Å². The van der Waals surface area contributed by atoms with Gasteiger partial charge in [-0.25, -0.2) is 9.97 Å². The van der Waals surface area contributed by atoms with Gasteiger partial charge in [-0.3, -0.25) is 0 Å². The van der Waals surface area contributed by atoms with Crippen LogP contribution in [-0.4, -0.2) is 38.3 Å². The molecule has 4 rings (SSSR count). The summed E-state index contributed by atoms with van der Waals surface area (Å²) in [7, 11) is 6.98. The number of aromatic nitrogens is 2. The van der Waals surface area contributed by atoms with Gasteiger partial charge in [-0.1, -0.05) is 30.3 Å². The molecule has 3 aromatic carbocycles. The van der Waals surface area contributed by atoms with E-state index in [1.807, 2.05) is 44.4 Å². The summed E-state index contributed by atoms with van der Waals surface area (Å²) in [6.45, 7) is 0. The van der Waals surface area contributed by atoms with Gasteiger partial charge in [0.1, 0.15) is 0 Å². The molecule has 30 heavy (non-hydrogen) atoms. The van der Waals surface area contributed by atoms with E-state index in [0.717, 1.165) is 39.0 Å². The first kappa shape index (κ1) is 19.5. The van der Waals surface area contributed by atoms with Crippen LogP contribution in [0.25, 0.3) is 33.3 Å². The van der Waals surface area contributed by atoms with Crippen LogP contribution in [0.1, 0.15) is 0 Å². The number of ether oxygens (including phenoxy) is 2. The molecule has 2 N–H and O–H groups in total. The third-order valence-corrected chi connectivity index (χ3v) is 5.05. The van der Waals surface area contributed by atoms with Crippen molar-refractivity contribution in [1.82, 2.24) is 9.97 Å². The highest BCUT2D eigenvalue weighted by Crippen LogP contribution is 2.37. The molecule has 0 bridgehead atoms. The van der Waals surface area contributed by atoms with E-state index in [0.29, 0.717) is 17.4 Å². The summed E-state index contributed by atoms with van der Waals surface area (Å²) in [5, 5.41) is 7.14. The van der Waals surface area contributed by atoms with Crippen LogP contribution in [0.2, 0.25) is 0 Å². The number of fused-ring (bicyclic) bond motifs is 1. The Labute approximate surface area is 175 Å². The predicted octanol–water partition coefficient (Wildman–Crippen LogP) is 5.06. The van der Waals surface area contributed by atoms with Crippen LogP contribution in [0.4, 0.5) is 11.6 Å². The fourth-order valence-corrected chi connectivity index (χ4v) is 3.49. The first-order valence-electron chi connectivity index (χ1n) is 9.67. The Kier molecular flexibility index (Phi) is 5.39. The molecule has 0 aliphatic carbocycles. The van der Waals surface area contributed by atoms with Crippen molar-refractivity contribution in [1.29, 1.82) is 0 Å². The van der Waals surface area contributed by atoms with Crippen molar-refractivity contribution in [3.63, 3.8) is 0 Å². The topological polar surface area (TPSA) is 68.3 Å². The monoisotopic (exact) mass is 400 g/mol. The summed E-state index contributed by atoms with van der Waals surface area (Å²) in [6, 6.07) is 20.5. The quantitative estimate of drug-likeness (QED) is 0.471. The number of benzene rings is 3. The molecule has 0 amide bonds. The van der Waals surface area contributed by atoms with Crippen LogP contribution in [0.15, 0.2) is 60.7 Å². The number of nitrogens with zero attached hydrogens (tertiary/aromatic N) is 2. The van der Waals surface area contributed by atoms with E-state index in [9.17, 15) is 0 Å². The summed E-state index contributed by atoms with van der Waals surface area (Å²) < 4.78 is 11.0. The normalized spacial score (nSPS) is 10.7. The zero-order valence-electron chi connectivity index (χ0n) is 17.5. The molecule has 0 spiro atoms. The van der Waals surface area contributed by atoms with Gasteiger partial charge < -0.3 is 20.1 Å². The van der Waals surface area contributed by atoms with Crippen LogP contribution in [0, 0.1) is 0 Å². The molecular weight excluding hydrogens is 376 g/mol. The number of hydrogen-bond acceptors (Lipinski definition) is 6. The maximum Gasteiger partial charge on any atom is 0.223 e. The van der Waals surface area contributed by atoms with Crippen molar-refractivity contribution in [2.24, 2.45) is 0 Å². The van der Waals surface area contributed by atoms with Crippen LogP contribution < -0.4 is 20.1 Å². The molecule has 6 nitrogen and oxygen atoms in total. The van der Waals surface area contributed by atoms with Crippen molar-refractivity contribution >= 4 is 22.5 Å². The number of anilines is 2. The van der Waals surface area contributed by atoms with Crippen molar-refractivity contribution in [3.8, 4) is 33.9 Å². The lowest BCUT2D eigenvalue weighted by Crippen LogP contribution is -2.00. The molecule has 6 heteroatoms. The standard InChI is InChI=1S/C24H24N4O2/c1-25-18-10-6-8-16(12-18)15-7-5-9-17(11-15)23-19-13-21(29-3)22(30-4)14-20(19)27-24(26-2)28-23/h5-14,25H,1-4H3,(H,26,27,28). The van der Waals surface area contributed by atoms with E-state index >= 15 is 0 Å². The van der Waals surface area contributed by atoms with Gasteiger partial charge in [-0.05, 0) is 35.4 Å². The molecule has 0 saturated heterocycles. The van der Waals surface area contributed by atoms with Gasteiger partial charge >= 0.3 is 0 Å². The summed E-state index contributed by atoms with van der Waals surface area (Å²) in [5.74, 6) is 1.83. The molecule has 0 atom stereocenters. The molecule has 1 aromatic heterocycles. The van der Waals surface area contributed by atoms with Gasteiger partial charge in [-0.2, -0.15) is 0 Å². The summed E-state index contributed by atoms with van der Waals surface area (Å²) in [4.78, 5) is 9.36. The zero-order chi connectivity index (χ0) is 21.1. The fraction of sp³-hybridized carbons (Fsp3) is 0.167. The summed E-state index contributed by atoms with van der Waals surface area (Å²) in [6.07, 6.45) is 0. The zero-order valence-corrected chi connectivity index (χ0v) is 17.5. The Balaban J connectivity index is 1.92. The maximum atomic E-state index is 5.51. The fourth-order valence-electron chi connectivity index (χ4n) is 3.49. The lowest BCUT2D eigenvalue weighted by molar-refractivity contribution is 0.356. The number of methoxy groups -OCH3 is 2. The highest BCUT2D eigenvalue weighted by Gasteiger charge is 2.15. The van der Waals surface area contributed by atoms with Crippen LogP contribution in [0.3, 0.4) is 0 Å². The van der Waals surface area contributed by atoms with Gasteiger partial charge in [0.15, 0.2) is 11.5 Å². The average molecular weight is 400 g/mol. The van der Waals surface area contributed by atoms with Gasteiger partial charge in [0, 0.05) is 36.8 Å². The van der Waals surface area contributed by atoms with Crippen LogP contribution in [0.5, 0.6) is 11.5 Å². The van der Waals surface area contributed by atoms with Crippen molar-refractivity contribution in [2.75, 3.05) is 38.9 Å². The molecule has 0 saturated carbocycles. The SMILES string of the molecule is CNc1cccc(-c2cccc(-c3nc(NC)nc4cc(OC)c(OC)cc34)c2)c1.